The lowest BCUT2D eigenvalue weighted by molar-refractivity contribution is -0.131. The Balaban J connectivity index is 1.29. The van der Waals surface area contributed by atoms with Gasteiger partial charge < -0.3 is 10.2 Å². The minimum atomic E-state index is -0.876. The molecule has 7 heteroatoms. The van der Waals surface area contributed by atoms with Crippen LogP contribution >= 0.6 is 11.3 Å². The van der Waals surface area contributed by atoms with Gasteiger partial charge in [0.2, 0.25) is 5.91 Å². The predicted octanol–water partition coefficient (Wildman–Crippen LogP) is 4.63. The maximum Gasteiger partial charge on any atom is 0.236 e. The first-order valence-corrected chi connectivity index (χ1v) is 10.6. The van der Waals surface area contributed by atoms with Gasteiger partial charge >= 0.3 is 0 Å². The van der Waals surface area contributed by atoms with Crippen LogP contribution < -0.4 is 5.32 Å². The number of hydrogen-bond donors (Lipinski definition) is 1. The number of piperidine rings is 1. The van der Waals surface area contributed by atoms with Gasteiger partial charge in [0.15, 0.2) is 11.6 Å². The second kappa shape index (κ2) is 8.55. The SMILES string of the molecule is C[C@@H](NCC(=O)N1CCC(c2nc3ccccc3s2)CC1)c1ccc(F)c(F)c1. The maximum absolute atomic E-state index is 13.4. The highest BCUT2D eigenvalue weighted by molar-refractivity contribution is 7.18. The Labute approximate surface area is 172 Å². The number of halogens is 2. The summed E-state index contributed by atoms with van der Waals surface area (Å²) < 4.78 is 27.7. The van der Waals surface area contributed by atoms with E-state index < -0.39 is 11.6 Å². The quantitative estimate of drug-likeness (QED) is 0.661. The van der Waals surface area contributed by atoms with Crippen LogP contribution in [0.5, 0.6) is 0 Å². The summed E-state index contributed by atoms with van der Waals surface area (Å²) in [5.41, 5.74) is 1.66. The molecule has 1 N–H and O–H groups in total. The highest BCUT2D eigenvalue weighted by atomic mass is 32.1. The van der Waals surface area contributed by atoms with E-state index in [1.165, 1.54) is 16.8 Å². The van der Waals surface area contributed by atoms with Crippen molar-refractivity contribution < 1.29 is 13.6 Å². The third kappa shape index (κ3) is 4.46. The lowest BCUT2D eigenvalue weighted by atomic mass is 9.97. The predicted molar refractivity (Wildman–Crippen MR) is 111 cm³/mol. The monoisotopic (exact) mass is 415 g/mol. The number of carbonyl (C=O) groups is 1. The summed E-state index contributed by atoms with van der Waals surface area (Å²) in [7, 11) is 0. The number of fused-ring (bicyclic) bond motifs is 1. The number of benzene rings is 2. The summed E-state index contributed by atoms with van der Waals surface area (Å²) in [6.45, 7) is 3.42. The van der Waals surface area contributed by atoms with Crippen LogP contribution in [0.25, 0.3) is 10.2 Å². The van der Waals surface area contributed by atoms with Gasteiger partial charge in [0.05, 0.1) is 21.8 Å². The van der Waals surface area contributed by atoms with Gasteiger partial charge in [-0.3, -0.25) is 4.79 Å². The van der Waals surface area contributed by atoms with Crippen molar-refractivity contribution >= 4 is 27.5 Å². The molecule has 1 aliphatic heterocycles. The number of para-hydroxylation sites is 1. The van der Waals surface area contributed by atoms with Crippen LogP contribution in [0, 0.1) is 11.6 Å². The molecule has 0 saturated carbocycles. The van der Waals surface area contributed by atoms with Crippen LogP contribution in [0.4, 0.5) is 8.78 Å². The largest absolute Gasteiger partial charge is 0.342 e. The molecule has 1 amide bonds. The first kappa shape index (κ1) is 19.9. The van der Waals surface area contributed by atoms with Crippen LogP contribution in [0.2, 0.25) is 0 Å². The Bertz CT molecular complexity index is 981. The Morgan fingerprint density at radius 3 is 2.69 bits per heavy atom. The number of likely N-dealkylation sites (tertiary alicyclic amines) is 1. The lowest BCUT2D eigenvalue weighted by Gasteiger charge is -2.31. The number of thiazole rings is 1. The molecule has 2 heterocycles. The summed E-state index contributed by atoms with van der Waals surface area (Å²) in [5, 5.41) is 4.27. The molecule has 2 aromatic carbocycles. The molecular weight excluding hydrogens is 392 g/mol. The minimum Gasteiger partial charge on any atom is -0.342 e. The van der Waals surface area contributed by atoms with Gasteiger partial charge in [-0.05, 0) is 49.6 Å². The normalized spacial score (nSPS) is 16.3. The van der Waals surface area contributed by atoms with Crippen molar-refractivity contribution in [3.05, 3.63) is 64.7 Å². The number of rotatable bonds is 5. The molecule has 152 valence electrons. The molecule has 0 radical (unpaired) electrons. The number of amides is 1. The van der Waals surface area contributed by atoms with Gasteiger partial charge in [0.1, 0.15) is 0 Å². The third-order valence-electron chi connectivity index (χ3n) is 5.51. The van der Waals surface area contributed by atoms with E-state index in [1.807, 2.05) is 30.0 Å². The molecule has 4 rings (SSSR count). The van der Waals surface area contributed by atoms with Crippen molar-refractivity contribution in [2.45, 2.75) is 31.7 Å². The smallest absolute Gasteiger partial charge is 0.236 e. The molecule has 0 spiro atoms. The molecule has 1 fully saturated rings. The third-order valence-corrected chi connectivity index (χ3v) is 6.71. The van der Waals surface area contributed by atoms with Gasteiger partial charge in [-0.2, -0.15) is 0 Å². The molecule has 1 aromatic heterocycles. The van der Waals surface area contributed by atoms with E-state index in [0.717, 1.165) is 29.4 Å². The maximum atomic E-state index is 13.4. The number of nitrogens with zero attached hydrogens (tertiary/aromatic N) is 2. The van der Waals surface area contributed by atoms with Crippen molar-refractivity contribution in [1.29, 1.82) is 0 Å². The average Bonchev–Trinajstić information content (AvgIpc) is 3.18. The lowest BCUT2D eigenvalue weighted by Crippen LogP contribution is -2.43. The van der Waals surface area contributed by atoms with Crippen molar-refractivity contribution in [2.24, 2.45) is 0 Å². The van der Waals surface area contributed by atoms with Crippen LogP contribution in [-0.2, 0) is 4.79 Å². The van der Waals surface area contributed by atoms with Gasteiger partial charge in [-0.1, -0.05) is 18.2 Å². The molecule has 1 aliphatic rings. The zero-order chi connectivity index (χ0) is 20.4. The zero-order valence-electron chi connectivity index (χ0n) is 16.2. The molecule has 4 nitrogen and oxygen atoms in total. The summed E-state index contributed by atoms with van der Waals surface area (Å²) in [6.07, 6.45) is 1.81. The van der Waals surface area contributed by atoms with Crippen LogP contribution in [0.15, 0.2) is 42.5 Å². The Kier molecular flexibility index (Phi) is 5.87. The Hall–Kier alpha value is -2.38. The second-order valence-electron chi connectivity index (χ2n) is 7.45. The van der Waals surface area contributed by atoms with Crippen molar-refractivity contribution in [3.63, 3.8) is 0 Å². The number of nitrogens with one attached hydrogen (secondary N) is 1. The standard InChI is InChI=1S/C22H23F2N3OS/c1-14(16-6-7-17(23)18(24)12-16)25-13-21(28)27-10-8-15(9-11-27)22-26-19-4-2-3-5-20(19)29-22/h2-7,12,14-15,25H,8-11,13H2,1H3/t14-/m1/s1. The van der Waals surface area contributed by atoms with E-state index in [-0.39, 0.29) is 18.5 Å². The Morgan fingerprint density at radius 2 is 1.97 bits per heavy atom. The van der Waals surface area contributed by atoms with Crippen LogP contribution in [0.1, 0.15) is 42.3 Å². The van der Waals surface area contributed by atoms with E-state index in [1.54, 1.807) is 11.3 Å². The number of hydrogen-bond acceptors (Lipinski definition) is 4. The summed E-state index contributed by atoms with van der Waals surface area (Å²) in [4.78, 5) is 19.2. The molecule has 1 atom stereocenters. The molecule has 0 bridgehead atoms. The van der Waals surface area contributed by atoms with Crippen molar-refractivity contribution in [3.8, 4) is 0 Å². The summed E-state index contributed by atoms with van der Waals surface area (Å²) in [5.74, 6) is -1.32. The molecule has 0 aliphatic carbocycles. The topological polar surface area (TPSA) is 45.2 Å². The second-order valence-corrected chi connectivity index (χ2v) is 8.51. The van der Waals surface area contributed by atoms with Gasteiger partial charge in [0, 0.05) is 25.0 Å². The summed E-state index contributed by atoms with van der Waals surface area (Å²) >= 11 is 1.74. The average molecular weight is 416 g/mol. The van der Waals surface area contributed by atoms with Gasteiger partial charge in [-0.25, -0.2) is 13.8 Å². The highest BCUT2D eigenvalue weighted by Gasteiger charge is 2.26. The molecule has 1 saturated heterocycles. The molecular formula is C22H23F2N3OS. The van der Waals surface area contributed by atoms with E-state index in [4.69, 9.17) is 4.98 Å². The molecule has 0 unspecified atom stereocenters. The summed E-state index contributed by atoms with van der Waals surface area (Å²) in [6, 6.07) is 11.7. The number of carbonyl (C=O) groups excluding carboxylic acids is 1. The van der Waals surface area contributed by atoms with E-state index in [9.17, 15) is 13.6 Å². The van der Waals surface area contributed by atoms with E-state index in [0.29, 0.717) is 24.6 Å². The van der Waals surface area contributed by atoms with E-state index >= 15 is 0 Å². The molecule has 3 aromatic rings. The zero-order valence-corrected chi connectivity index (χ0v) is 17.0. The van der Waals surface area contributed by atoms with Crippen molar-refractivity contribution in [2.75, 3.05) is 19.6 Å². The highest BCUT2D eigenvalue weighted by Crippen LogP contribution is 2.33. The van der Waals surface area contributed by atoms with E-state index in [2.05, 4.69) is 11.4 Å². The Morgan fingerprint density at radius 1 is 1.21 bits per heavy atom. The molecule has 29 heavy (non-hydrogen) atoms. The first-order chi connectivity index (χ1) is 14.0. The number of aromatic nitrogens is 1. The van der Waals surface area contributed by atoms with Crippen LogP contribution in [0.3, 0.4) is 0 Å². The fourth-order valence-electron chi connectivity index (χ4n) is 3.69. The van der Waals surface area contributed by atoms with Gasteiger partial charge in [-0.15, -0.1) is 11.3 Å². The fraction of sp³-hybridized carbons (Fsp3) is 0.364. The first-order valence-electron chi connectivity index (χ1n) is 9.83. The van der Waals surface area contributed by atoms with Crippen LogP contribution in [-0.4, -0.2) is 35.4 Å². The van der Waals surface area contributed by atoms with Gasteiger partial charge in [0.25, 0.3) is 0 Å². The van der Waals surface area contributed by atoms with Crippen molar-refractivity contribution in [1.82, 2.24) is 15.2 Å². The fourth-order valence-corrected chi connectivity index (χ4v) is 4.83. The minimum absolute atomic E-state index is 0.0298.